The van der Waals surface area contributed by atoms with Gasteiger partial charge in [-0.25, -0.2) is 0 Å². The summed E-state index contributed by atoms with van der Waals surface area (Å²) < 4.78 is 6.69. The lowest BCUT2D eigenvalue weighted by Crippen LogP contribution is -2.54. The largest absolute Gasteiger partial charge is 0.475 e. The maximum Gasteiger partial charge on any atom is 0.153 e. The van der Waals surface area contributed by atoms with Crippen LogP contribution in [0.25, 0.3) is 10.8 Å². The third kappa shape index (κ3) is 3.32. The molecule has 4 aromatic carbocycles. The van der Waals surface area contributed by atoms with Crippen LogP contribution in [0, 0.1) is 0 Å². The molecule has 0 aliphatic carbocycles. The minimum absolute atomic E-state index is 0.126. The van der Waals surface area contributed by atoms with Crippen LogP contribution in [0.15, 0.2) is 97.1 Å². The van der Waals surface area contributed by atoms with E-state index in [2.05, 4.69) is 102 Å². The van der Waals surface area contributed by atoms with Crippen molar-refractivity contribution in [3.63, 3.8) is 0 Å². The topological polar surface area (TPSA) is 12.5 Å². The van der Waals surface area contributed by atoms with Gasteiger partial charge >= 0.3 is 0 Å². The van der Waals surface area contributed by atoms with Crippen molar-refractivity contribution in [3.8, 4) is 5.75 Å². The summed E-state index contributed by atoms with van der Waals surface area (Å²) in [4.78, 5) is 2.68. The SMILES string of the molecule is c1ccc(C[C@H]2CCC[C@@H]3Oc4ccc5ccccc5c4[C@@H](c4ccccc4)N23)cc1. The molecule has 1 saturated heterocycles. The molecule has 154 valence electrons. The van der Waals surface area contributed by atoms with Gasteiger partial charge in [-0.3, -0.25) is 4.90 Å². The molecule has 0 unspecified atom stereocenters. The lowest BCUT2D eigenvalue weighted by molar-refractivity contribution is -0.0743. The Morgan fingerprint density at radius 1 is 0.742 bits per heavy atom. The van der Waals surface area contributed by atoms with Crippen molar-refractivity contribution in [2.45, 2.75) is 44.0 Å². The van der Waals surface area contributed by atoms with Crippen molar-refractivity contribution in [2.24, 2.45) is 0 Å². The molecule has 4 aromatic rings. The first-order valence-corrected chi connectivity index (χ1v) is 11.4. The van der Waals surface area contributed by atoms with E-state index in [9.17, 15) is 0 Å². The second kappa shape index (κ2) is 7.86. The van der Waals surface area contributed by atoms with Crippen LogP contribution in [-0.2, 0) is 6.42 Å². The van der Waals surface area contributed by atoms with Gasteiger partial charge in [0.2, 0.25) is 0 Å². The first kappa shape index (κ1) is 18.7. The number of piperidine rings is 1. The summed E-state index contributed by atoms with van der Waals surface area (Å²) in [6, 6.07) is 35.7. The molecule has 0 aromatic heterocycles. The molecule has 0 spiro atoms. The average Bonchev–Trinajstić information content (AvgIpc) is 2.84. The van der Waals surface area contributed by atoms with E-state index in [1.807, 2.05) is 0 Å². The average molecular weight is 406 g/mol. The van der Waals surface area contributed by atoms with E-state index in [0.29, 0.717) is 6.04 Å². The molecule has 0 bridgehead atoms. The molecule has 2 heterocycles. The molecule has 2 aliphatic rings. The molecule has 2 heteroatoms. The molecule has 2 nitrogen and oxygen atoms in total. The lowest BCUT2D eigenvalue weighted by atomic mass is 9.85. The van der Waals surface area contributed by atoms with Crippen molar-refractivity contribution < 1.29 is 4.74 Å². The molecule has 0 amide bonds. The fourth-order valence-corrected chi connectivity index (χ4v) is 5.58. The monoisotopic (exact) mass is 405 g/mol. The molecule has 3 atom stereocenters. The maximum absolute atomic E-state index is 6.69. The van der Waals surface area contributed by atoms with Gasteiger partial charge in [0, 0.05) is 11.6 Å². The van der Waals surface area contributed by atoms with E-state index in [4.69, 9.17) is 4.74 Å². The van der Waals surface area contributed by atoms with Gasteiger partial charge in [0.1, 0.15) is 5.75 Å². The summed E-state index contributed by atoms with van der Waals surface area (Å²) in [6.45, 7) is 0. The second-order valence-corrected chi connectivity index (χ2v) is 8.81. The first-order chi connectivity index (χ1) is 15.4. The molecule has 1 fully saturated rings. The van der Waals surface area contributed by atoms with Gasteiger partial charge < -0.3 is 4.74 Å². The molecule has 0 N–H and O–H groups in total. The minimum atomic E-state index is 0.126. The highest BCUT2D eigenvalue weighted by atomic mass is 16.5. The number of nitrogens with zero attached hydrogens (tertiary/aromatic N) is 1. The smallest absolute Gasteiger partial charge is 0.153 e. The molecule has 2 aliphatic heterocycles. The Balaban J connectivity index is 1.53. The maximum atomic E-state index is 6.69. The Hall–Kier alpha value is -3.10. The van der Waals surface area contributed by atoms with Gasteiger partial charge in [-0.1, -0.05) is 91.0 Å². The van der Waals surface area contributed by atoms with Crippen LogP contribution in [0.3, 0.4) is 0 Å². The van der Waals surface area contributed by atoms with Crippen LogP contribution in [-0.4, -0.2) is 17.2 Å². The van der Waals surface area contributed by atoms with Crippen LogP contribution in [0.4, 0.5) is 0 Å². The molecular weight excluding hydrogens is 378 g/mol. The number of rotatable bonds is 3. The summed E-state index contributed by atoms with van der Waals surface area (Å²) in [5, 5.41) is 2.58. The summed E-state index contributed by atoms with van der Waals surface area (Å²) >= 11 is 0. The fourth-order valence-electron chi connectivity index (χ4n) is 5.58. The van der Waals surface area contributed by atoms with Crippen LogP contribution in [0.5, 0.6) is 5.75 Å². The third-order valence-electron chi connectivity index (χ3n) is 6.94. The predicted octanol–water partition coefficient (Wildman–Crippen LogP) is 6.74. The minimum Gasteiger partial charge on any atom is -0.475 e. The van der Waals surface area contributed by atoms with E-state index in [-0.39, 0.29) is 12.3 Å². The summed E-state index contributed by atoms with van der Waals surface area (Å²) in [5.41, 5.74) is 4.08. The molecule has 0 radical (unpaired) electrons. The summed E-state index contributed by atoms with van der Waals surface area (Å²) in [7, 11) is 0. The Bertz CT molecular complexity index is 1190. The highest BCUT2D eigenvalue weighted by Crippen LogP contribution is 2.48. The Labute approximate surface area is 184 Å². The first-order valence-electron chi connectivity index (χ1n) is 11.4. The van der Waals surface area contributed by atoms with Crippen molar-refractivity contribution in [3.05, 3.63) is 114 Å². The molecule has 6 rings (SSSR count). The van der Waals surface area contributed by atoms with E-state index in [1.165, 1.54) is 40.3 Å². The van der Waals surface area contributed by atoms with Crippen molar-refractivity contribution >= 4 is 10.8 Å². The summed E-state index contributed by atoms with van der Waals surface area (Å²) in [6.07, 6.45) is 4.69. The van der Waals surface area contributed by atoms with Gasteiger partial charge in [-0.2, -0.15) is 0 Å². The lowest BCUT2D eigenvalue weighted by Gasteiger charge is -2.50. The zero-order valence-corrected chi connectivity index (χ0v) is 17.7. The number of benzene rings is 4. The van der Waals surface area contributed by atoms with E-state index in [1.54, 1.807) is 0 Å². The Morgan fingerprint density at radius 3 is 2.32 bits per heavy atom. The van der Waals surface area contributed by atoms with Gasteiger partial charge in [0.25, 0.3) is 0 Å². The van der Waals surface area contributed by atoms with Crippen molar-refractivity contribution in [1.82, 2.24) is 4.90 Å². The summed E-state index contributed by atoms with van der Waals surface area (Å²) in [5.74, 6) is 1.05. The van der Waals surface area contributed by atoms with Gasteiger partial charge in [0.05, 0.1) is 6.04 Å². The number of fused-ring (bicyclic) bond motifs is 4. The fraction of sp³-hybridized carbons (Fsp3) is 0.241. The quantitative estimate of drug-likeness (QED) is 0.374. The molecular formula is C29H27NO. The number of ether oxygens (including phenoxy) is 1. The van der Waals surface area contributed by atoms with Gasteiger partial charge in [0.15, 0.2) is 6.23 Å². The van der Waals surface area contributed by atoms with E-state index in [0.717, 1.165) is 18.6 Å². The van der Waals surface area contributed by atoms with Crippen LogP contribution in [0.2, 0.25) is 0 Å². The highest BCUT2D eigenvalue weighted by molar-refractivity contribution is 5.89. The van der Waals surface area contributed by atoms with Crippen LogP contribution >= 0.6 is 0 Å². The zero-order chi connectivity index (χ0) is 20.6. The predicted molar refractivity (Wildman–Crippen MR) is 126 cm³/mol. The third-order valence-corrected chi connectivity index (χ3v) is 6.94. The van der Waals surface area contributed by atoms with Crippen molar-refractivity contribution in [2.75, 3.05) is 0 Å². The Morgan fingerprint density at radius 2 is 1.48 bits per heavy atom. The van der Waals surface area contributed by atoms with E-state index >= 15 is 0 Å². The standard InChI is InChI=1S/C29H27NO/c1-3-10-21(11-4-1)20-24-15-9-17-27-30(24)29(23-13-5-2-6-14-23)28-25-16-8-7-12-22(25)18-19-26(28)31-27/h1-8,10-14,16,18-19,24,27,29H,9,15,17,20H2/t24-,27+,29-/m1/s1. The van der Waals surface area contributed by atoms with Crippen molar-refractivity contribution in [1.29, 1.82) is 0 Å². The molecule has 31 heavy (non-hydrogen) atoms. The normalized spacial score (nSPS) is 23.0. The highest BCUT2D eigenvalue weighted by Gasteiger charge is 2.43. The molecule has 0 saturated carbocycles. The second-order valence-electron chi connectivity index (χ2n) is 8.81. The van der Waals surface area contributed by atoms with Gasteiger partial charge in [-0.05, 0) is 53.6 Å². The van der Waals surface area contributed by atoms with Crippen LogP contribution < -0.4 is 4.74 Å². The van der Waals surface area contributed by atoms with Gasteiger partial charge in [-0.15, -0.1) is 0 Å². The van der Waals surface area contributed by atoms with Crippen LogP contribution in [0.1, 0.15) is 42.0 Å². The number of hydrogen-bond acceptors (Lipinski definition) is 2. The van der Waals surface area contributed by atoms with E-state index < -0.39 is 0 Å². The Kier molecular flexibility index (Phi) is 4.73. The zero-order valence-electron chi connectivity index (χ0n) is 17.7. The number of hydrogen-bond donors (Lipinski definition) is 0.